The minimum absolute atomic E-state index is 0.0349. The average molecular weight is 500 g/mol. The quantitative estimate of drug-likeness (QED) is 0.197. The zero-order chi connectivity index (χ0) is 26.5. The van der Waals surface area contributed by atoms with Crippen molar-refractivity contribution in [3.05, 3.63) is 82.4 Å². The lowest BCUT2D eigenvalue weighted by molar-refractivity contribution is -0.140. The van der Waals surface area contributed by atoms with Crippen molar-refractivity contribution in [2.75, 3.05) is 25.1 Å². The van der Waals surface area contributed by atoms with E-state index in [1.54, 1.807) is 37.3 Å². The van der Waals surface area contributed by atoms with E-state index in [1.807, 2.05) is 11.0 Å². The molecule has 0 spiro atoms. The molecule has 37 heavy (non-hydrogen) atoms. The van der Waals surface area contributed by atoms with Crippen LogP contribution in [0, 0.1) is 6.92 Å². The van der Waals surface area contributed by atoms with Crippen LogP contribution in [0.3, 0.4) is 0 Å². The molecular weight excluding hydrogens is 474 g/mol. The number of aryl methyl sites for hydroxylation is 1. The maximum Gasteiger partial charge on any atom is 0.307 e. The van der Waals surface area contributed by atoms with Gasteiger partial charge in [-0.05, 0) is 24.6 Å². The molecule has 1 heterocycles. The zero-order valence-corrected chi connectivity index (χ0v) is 20.4. The van der Waals surface area contributed by atoms with Gasteiger partial charge in [-0.3, -0.25) is 19.2 Å². The number of hydrogen-bond donors (Lipinski definition) is 1. The second-order valence-corrected chi connectivity index (χ2v) is 8.55. The number of phenolic OH excluding ortho intramolecular Hbond substituents is 1. The van der Waals surface area contributed by atoms with E-state index in [-0.39, 0.29) is 58.6 Å². The van der Waals surface area contributed by atoms with Gasteiger partial charge in [0.2, 0.25) is 0 Å². The fraction of sp³-hybridized carbons (Fsp3) is 0.214. The molecule has 1 N–H and O–H groups in total. The summed E-state index contributed by atoms with van der Waals surface area (Å²) < 4.78 is 4.69. The number of carbonyl (C=O) groups is 4. The minimum Gasteiger partial charge on any atom is -0.506 e. The van der Waals surface area contributed by atoms with Crippen molar-refractivity contribution >= 4 is 40.9 Å². The Hall–Kier alpha value is -4.66. The highest BCUT2D eigenvalue weighted by Gasteiger charge is 2.26. The van der Waals surface area contributed by atoms with Gasteiger partial charge in [0.15, 0.2) is 17.9 Å². The van der Waals surface area contributed by atoms with Crippen LogP contribution in [0.1, 0.15) is 55.0 Å². The number of hydrogen-bond acceptors (Lipinski definition) is 9. The van der Waals surface area contributed by atoms with Gasteiger partial charge in [0, 0.05) is 42.3 Å². The minimum atomic E-state index is -0.374. The molecule has 3 aromatic carbocycles. The van der Waals surface area contributed by atoms with Gasteiger partial charge in [0.05, 0.1) is 30.5 Å². The number of esters is 1. The number of benzene rings is 3. The summed E-state index contributed by atoms with van der Waals surface area (Å²) in [5.41, 5.74) is 2.47. The summed E-state index contributed by atoms with van der Waals surface area (Å²) in [6.07, 6.45) is 0.964. The number of rotatable bonds is 8. The predicted octanol–water partition coefficient (Wildman–Crippen LogP) is 5.12. The van der Waals surface area contributed by atoms with Crippen LogP contribution in [-0.4, -0.2) is 49.1 Å². The van der Waals surface area contributed by atoms with E-state index in [9.17, 15) is 24.3 Å². The van der Waals surface area contributed by atoms with Gasteiger partial charge in [-0.15, -0.1) is 10.2 Å². The Morgan fingerprint density at radius 3 is 2.57 bits per heavy atom. The van der Waals surface area contributed by atoms with Gasteiger partial charge >= 0.3 is 5.97 Å². The zero-order valence-electron chi connectivity index (χ0n) is 20.4. The van der Waals surface area contributed by atoms with Crippen molar-refractivity contribution in [1.82, 2.24) is 0 Å². The van der Waals surface area contributed by atoms with Crippen molar-refractivity contribution in [1.29, 1.82) is 0 Å². The van der Waals surface area contributed by atoms with E-state index in [4.69, 9.17) is 0 Å². The first-order chi connectivity index (χ1) is 17.8. The van der Waals surface area contributed by atoms with Crippen molar-refractivity contribution in [2.24, 2.45) is 10.2 Å². The number of Topliss-reactive ketones (excluding diaryl/α,β-unsaturated/α-hetero) is 1. The van der Waals surface area contributed by atoms with Crippen molar-refractivity contribution in [3.8, 4) is 5.75 Å². The third-order valence-electron chi connectivity index (χ3n) is 6.24. The number of methoxy groups -OCH3 is 1. The van der Waals surface area contributed by atoms with Gasteiger partial charge in [-0.1, -0.05) is 36.4 Å². The second-order valence-electron chi connectivity index (χ2n) is 8.55. The number of phenols is 1. The molecule has 188 valence electrons. The Labute approximate surface area is 213 Å². The molecule has 1 aliphatic heterocycles. The molecule has 0 saturated heterocycles. The summed E-state index contributed by atoms with van der Waals surface area (Å²) in [7, 11) is 1.31. The number of carbonyl (C=O) groups excluding carboxylic acids is 4. The maximum atomic E-state index is 13.4. The van der Waals surface area contributed by atoms with Crippen LogP contribution in [0.2, 0.25) is 0 Å². The molecule has 0 atom stereocenters. The number of ketones is 2. The van der Waals surface area contributed by atoms with Gasteiger partial charge < -0.3 is 14.7 Å². The predicted molar refractivity (Wildman–Crippen MR) is 137 cm³/mol. The van der Waals surface area contributed by atoms with Gasteiger partial charge in [-0.25, -0.2) is 0 Å². The van der Waals surface area contributed by atoms with Gasteiger partial charge in [0.1, 0.15) is 11.4 Å². The smallest absolute Gasteiger partial charge is 0.307 e. The number of ether oxygens (including phenoxy) is 1. The van der Waals surface area contributed by atoms with Crippen LogP contribution in [0.5, 0.6) is 5.75 Å². The summed E-state index contributed by atoms with van der Waals surface area (Å²) in [4.78, 5) is 51.1. The van der Waals surface area contributed by atoms with Crippen molar-refractivity contribution in [3.63, 3.8) is 0 Å². The van der Waals surface area contributed by atoms with E-state index in [1.165, 1.54) is 25.3 Å². The van der Waals surface area contributed by atoms with Crippen LogP contribution in [0.15, 0.2) is 64.8 Å². The Morgan fingerprint density at radius 2 is 1.84 bits per heavy atom. The third kappa shape index (κ3) is 5.30. The van der Waals surface area contributed by atoms with E-state index < -0.39 is 0 Å². The summed E-state index contributed by atoms with van der Waals surface area (Å²) in [5, 5.41) is 19.0. The van der Waals surface area contributed by atoms with Gasteiger partial charge in [0.25, 0.3) is 0 Å². The largest absolute Gasteiger partial charge is 0.506 e. The highest BCUT2D eigenvalue weighted by molar-refractivity contribution is 6.16. The molecule has 0 radical (unpaired) electrons. The summed E-state index contributed by atoms with van der Waals surface area (Å²) in [5.74, 6) is -1.10. The Balaban J connectivity index is 1.71. The SMILES string of the molecule is COC(=O)CCN1CCC(=O)c2cc(/N=N/c3cccc(C=O)c3C(=O)c3ccccc3C)c(O)cc21. The Kier molecular flexibility index (Phi) is 7.52. The fourth-order valence-corrected chi connectivity index (χ4v) is 4.24. The molecular formula is C28H25N3O6. The lowest BCUT2D eigenvalue weighted by Crippen LogP contribution is -2.33. The summed E-state index contributed by atoms with van der Waals surface area (Å²) in [6, 6.07) is 14.5. The molecule has 1 aliphatic rings. The van der Waals surface area contributed by atoms with Crippen molar-refractivity contribution < 1.29 is 29.0 Å². The number of aldehydes is 1. The molecule has 4 rings (SSSR count). The third-order valence-corrected chi connectivity index (χ3v) is 6.24. The standard InChI is InChI=1S/C28H25N3O6/c1-17-6-3-4-8-19(17)28(36)27-18(16-32)7-5-9-21(27)29-30-22-14-20-23(15-25(22)34)31(12-10-24(20)33)13-11-26(35)37-2/h3-9,14-16,34H,10-13H2,1-2H3/b30-29+. The van der Waals surface area contributed by atoms with Gasteiger partial charge in [-0.2, -0.15) is 0 Å². The second kappa shape index (κ2) is 10.9. The molecule has 0 unspecified atom stereocenters. The van der Waals surface area contributed by atoms with E-state index in [2.05, 4.69) is 15.0 Å². The molecule has 3 aromatic rings. The molecule has 0 bridgehead atoms. The van der Waals surface area contributed by atoms with Crippen LogP contribution >= 0.6 is 0 Å². The molecule has 0 aromatic heterocycles. The number of azo groups is 1. The number of aromatic hydroxyl groups is 1. The summed E-state index contributed by atoms with van der Waals surface area (Å²) >= 11 is 0. The topological polar surface area (TPSA) is 126 Å². The number of anilines is 1. The maximum absolute atomic E-state index is 13.4. The lowest BCUT2D eigenvalue weighted by Gasteiger charge is -2.30. The molecule has 9 nitrogen and oxygen atoms in total. The molecule has 0 amide bonds. The lowest BCUT2D eigenvalue weighted by atomic mass is 9.94. The van der Waals surface area contributed by atoms with E-state index in [0.717, 1.165) is 5.56 Å². The Morgan fingerprint density at radius 1 is 1.08 bits per heavy atom. The van der Waals surface area contributed by atoms with E-state index in [0.29, 0.717) is 36.2 Å². The van der Waals surface area contributed by atoms with Crippen molar-refractivity contribution in [2.45, 2.75) is 19.8 Å². The highest BCUT2D eigenvalue weighted by Crippen LogP contribution is 2.39. The Bertz CT molecular complexity index is 1430. The molecule has 0 fully saturated rings. The summed E-state index contributed by atoms with van der Waals surface area (Å²) in [6.45, 7) is 2.54. The number of fused-ring (bicyclic) bond motifs is 1. The first kappa shape index (κ1) is 25.4. The molecule has 0 aliphatic carbocycles. The fourth-order valence-electron chi connectivity index (χ4n) is 4.24. The molecule has 9 heteroatoms. The average Bonchev–Trinajstić information content (AvgIpc) is 2.91. The molecule has 0 saturated carbocycles. The van der Waals surface area contributed by atoms with Crippen LogP contribution in [-0.2, 0) is 9.53 Å². The monoisotopic (exact) mass is 499 g/mol. The number of nitrogens with zero attached hydrogens (tertiary/aromatic N) is 3. The first-order valence-electron chi connectivity index (χ1n) is 11.7. The normalized spacial score (nSPS) is 12.9. The van der Waals surface area contributed by atoms with Crippen LogP contribution in [0.25, 0.3) is 0 Å². The van der Waals surface area contributed by atoms with Crippen LogP contribution < -0.4 is 4.90 Å². The van der Waals surface area contributed by atoms with E-state index >= 15 is 0 Å². The highest BCUT2D eigenvalue weighted by atomic mass is 16.5. The van der Waals surface area contributed by atoms with Crippen LogP contribution in [0.4, 0.5) is 17.1 Å². The first-order valence-corrected chi connectivity index (χ1v) is 11.7.